The summed E-state index contributed by atoms with van der Waals surface area (Å²) in [6.45, 7) is 8.15. The van der Waals surface area contributed by atoms with E-state index in [0.29, 0.717) is 6.10 Å². The van der Waals surface area contributed by atoms with Gasteiger partial charge in [0.15, 0.2) is 0 Å². The molecule has 0 radical (unpaired) electrons. The second-order valence-corrected chi connectivity index (χ2v) is 5.95. The summed E-state index contributed by atoms with van der Waals surface area (Å²) >= 11 is 0. The Balaban J connectivity index is 1.85. The van der Waals surface area contributed by atoms with Crippen molar-refractivity contribution in [3.8, 4) is 0 Å². The maximum absolute atomic E-state index is 5.59. The fourth-order valence-corrected chi connectivity index (χ4v) is 1.95. The topological polar surface area (TPSA) is 47.0 Å². The molecule has 0 bridgehead atoms. The SMILES string of the molecule is CC(C)(C)NCc1cnc(CC2CCCO2)nc1. The van der Waals surface area contributed by atoms with E-state index >= 15 is 0 Å². The first-order valence-electron chi connectivity index (χ1n) is 6.69. The van der Waals surface area contributed by atoms with Gasteiger partial charge in [0, 0.05) is 43.1 Å². The van der Waals surface area contributed by atoms with Gasteiger partial charge in [0.2, 0.25) is 0 Å². The van der Waals surface area contributed by atoms with Crippen LogP contribution >= 0.6 is 0 Å². The first kappa shape index (κ1) is 13.4. The summed E-state index contributed by atoms with van der Waals surface area (Å²) in [5.74, 6) is 0.890. The first-order valence-corrected chi connectivity index (χ1v) is 6.69. The normalized spacial score (nSPS) is 20.3. The number of nitrogens with zero attached hydrogens (tertiary/aromatic N) is 2. The van der Waals surface area contributed by atoms with E-state index in [-0.39, 0.29) is 5.54 Å². The molecule has 1 saturated heterocycles. The Kier molecular flexibility index (Phi) is 4.30. The van der Waals surface area contributed by atoms with Crippen molar-refractivity contribution in [2.75, 3.05) is 6.61 Å². The molecule has 0 aromatic carbocycles. The molecular weight excluding hydrogens is 226 g/mol. The van der Waals surface area contributed by atoms with Crippen molar-refractivity contribution in [1.82, 2.24) is 15.3 Å². The highest BCUT2D eigenvalue weighted by Crippen LogP contribution is 2.15. The molecule has 4 heteroatoms. The molecule has 1 aliphatic rings. The maximum Gasteiger partial charge on any atom is 0.130 e. The van der Waals surface area contributed by atoms with Crippen molar-refractivity contribution in [1.29, 1.82) is 0 Å². The van der Waals surface area contributed by atoms with E-state index in [1.165, 1.54) is 0 Å². The summed E-state index contributed by atoms with van der Waals surface area (Å²) in [6.07, 6.45) is 7.29. The standard InChI is InChI=1S/C14H23N3O/c1-14(2,3)17-10-11-8-15-13(16-9-11)7-12-5-4-6-18-12/h8-9,12,17H,4-7,10H2,1-3H3. The molecule has 4 nitrogen and oxygen atoms in total. The zero-order valence-corrected chi connectivity index (χ0v) is 11.6. The predicted molar refractivity (Wildman–Crippen MR) is 71.3 cm³/mol. The van der Waals surface area contributed by atoms with E-state index in [0.717, 1.165) is 43.8 Å². The molecule has 0 saturated carbocycles. The summed E-state index contributed by atoms with van der Waals surface area (Å²) in [6, 6.07) is 0. The van der Waals surface area contributed by atoms with Crippen LogP contribution in [-0.4, -0.2) is 28.2 Å². The van der Waals surface area contributed by atoms with Crippen molar-refractivity contribution in [2.45, 2.75) is 58.2 Å². The van der Waals surface area contributed by atoms with Crippen LogP contribution in [-0.2, 0) is 17.7 Å². The zero-order chi connectivity index (χ0) is 13.0. The number of hydrogen-bond acceptors (Lipinski definition) is 4. The van der Waals surface area contributed by atoms with E-state index in [2.05, 4.69) is 36.1 Å². The van der Waals surface area contributed by atoms with E-state index in [1.807, 2.05) is 12.4 Å². The molecule has 1 N–H and O–H groups in total. The lowest BCUT2D eigenvalue weighted by atomic mass is 10.1. The van der Waals surface area contributed by atoms with E-state index in [4.69, 9.17) is 4.74 Å². The van der Waals surface area contributed by atoms with Crippen molar-refractivity contribution >= 4 is 0 Å². The van der Waals surface area contributed by atoms with Crippen LogP contribution in [0, 0.1) is 0 Å². The predicted octanol–water partition coefficient (Wildman–Crippen LogP) is 2.09. The fraction of sp³-hybridized carbons (Fsp3) is 0.714. The van der Waals surface area contributed by atoms with Crippen LogP contribution in [0.15, 0.2) is 12.4 Å². The molecule has 0 spiro atoms. The van der Waals surface area contributed by atoms with Gasteiger partial charge >= 0.3 is 0 Å². The second-order valence-electron chi connectivity index (χ2n) is 5.95. The molecule has 0 aliphatic carbocycles. The van der Waals surface area contributed by atoms with Gasteiger partial charge in [-0.25, -0.2) is 9.97 Å². The Hall–Kier alpha value is -1.00. The third-order valence-corrected chi connectivity index (χ3v) is 3.02. The van der Waals surface area contributed by atoms with Crippen molar-refractivity contribution in [3.63, 3.8) is 0 Å². The van der Waals surface area contributed by atoms with Crippen LogP contribution in [0.2, 0.25) is 0 Å². The Morgan fingerprint density at radius 3 is 2.61 bits per heavy atom. The number of ether oxygens (including phenoxy) is 1. The van der Waals surface area contributed by atoms with Gasteiger partial charge in [0.1, 0.15) is 5.82 Å². The largest absolute Gasteiger partial charge is 0.378 e. The molecule has 2 heterocycles. The van der Waals surface area contributed by atoms with Gasteiger partial charge in [-0.1, -0.05) is 0 Å². The molecule has 1 fully saturated rings. The van der Waals surface area contributed by atoms with Gasteiger partial charge in [-0.05, 0) is 33.6 Å². The minimum Gasteiger partial charge on any atom is -0.378 e. The van der Waals surface area contributed by atoms with E-state index in [9.17, 15) is 0 Å². The summed E-state index contributed by atoms with van der Waals surface area (Å²) in [7, 11) is 0. The molecule has 1 aromatic rings. The lowest BCUT2D eigenvalue weighted by Gasteiger charge is -2.20. The smallest absolute Gasteiger partial charge is 0.130 e. The monoisotopic (exact) mass is 249 g/mol. The third kappa shape index (κ3) is 4.35. The van der Waals surface area contributed by atoms with Crippen LogP contribution in [0.3, 0.4) is 0 Å². The van der Waals surface area contributed by atoms with Crippen molar-refractivity contribution in [2.24, 2.45) is 0 Å². The molecule has 1 unspecified atom stereocenters. The average molecular weight is 249 g/mol. The van der Waals surface area contributed by atoms with Crippen molar-refractivity contribution < 1.29 is 4.74 Å². The molecule has 0 amide bonds. The molecule has 1 aliphatic heterocycles. The zero-order valence-electron chi connectivity index (χ0n) is 11.6. The Labute approximate surface area is 109 Å². The highest BCUT2D eigenvalue weighted by atomic mass is 16.5. The second kappa shape index (κ2) is 5.76. The lowest BCUT2D eigenvalue weighted by molar-refractivity contribution is 0.110. The van der Waals surface area contributed by atoms with Crippen LogP contribution in [0.1, 0.15) is 45.0 Å². The number of hydrogen-bond donors (Lipinski definition) is 1. The average Bonchev–Trinajstić information content (AvgIpc) is 2.80. The minimum atomic E-state index is 0.121. The molecule has 1 atom stereocenters. The highest BCUT2D eigenvalue weighted by molar-refractivity contribution is 5.06. The molecule has 18 heavy (non-hydrogen) atoms. The Morgan fingerprint density at radius 2 is 2.06 bits per heavy atom. The summed E-state index contributed by atoms with van der Waals surface area (Å²) in [5.41, 5.74) is 1.25. The molecule has 100 valence electrons. The van der Waals surface area contributed by atoms with Gasteiger partial charge in [-0.3, -0.25) is 0 Å². The number of nitrogens with one attached hydrogen (secondary N) is 1. The van der Waals surface area contributed by atoms with Gasteiger partial charge in [-0.15, -0.1) is 0 Å². The quantitative estimate of drug-likeness (QED) is 0.887. The van der Waals surface area contributed by atoms with Gasteiger partial charge in [0.25, 0.3) is 0 Å². The number of aromatic nitrogens is 2. The first-order chi connectivity index (χ1) is 8.53. The van der Waals surface area contributed by atoms with Gasteiger partial charge < -0.3 is 10.1 Å². The molecule has 1 aromatic heterocycles. The van der Waals surface area contributed by atoms with E-state index < -0.39 is 0 Å². The van der Waals surface area contributed by atoms with Crippen LogP contribution < -0.4 is 5.32 Å². The maximum atomic E-state index is 5.59. The third-order valence-electron chi connectivity index (χ3n) is 3.02. The Morgan fingerprint density at radius 1 is 1.33 bits per heavy atom. The summed E-state index contributed by atoms with van der Waals surface area (Å²) < 4.78 is 5.59. The molecule has 2 rings (SSSR count). The van der Waals surface area contributed by atoms with Gasteiger partial charge in [-0.2, -0.15) is 0 Å². The summed E-state index contributed by atoms with van der Waals surface area (Å²) in [4.78, 5) is 8.82. The lowest BCUT2D eigenvalue weighted by Crippen LogP contribution is -2.35. The molecular formula is C14H23N3O. The van der Waals surface area contributed by atoms with E-state index in [1.54, 1.807) is 0 Å². The fourth-order valence-electron chi connectivity index (χ4n) is 1.95. The number of rotatable bonds is 4. The van der Waals surface area contributed by atoms with Crippen LogP contribution in [0.25, 0.3) is 0 Å². The Bertz CT molecular complexity index is 364. The summed E-state index contributed by atoms with van der Waals surface area (Å²) in [5, 5.41) is 3.43. The van der Waals surface area contributed by atoms with Crippen LogP contribution in [0.4, 0.5) is 0 Å². The highest BCUT2D eigenvalue weighted by Gasteiger charge is 2.17. The minimum absolute atomic E-state index is 0.121. The van der Waals surface area contributed by atoms with Crippen molar-refractivity contribution in [3.05, 3.63) is 23.8 Å². The van der Waals surface area contributed by atoms with Crippen LogP contribution in [0.5, 0.6) is 0 Å². The van der Waals surface area contributed by atoms with Gasteiger partial charge in [0.05, 0.1) is 6.10 Å².